The quantitative estimate of drug-likeness (QED) is 0.556. The molecule has 3 aromatic rings. The molecule has 9 heteroatoms. The van der Waals surface area contributed by atoms with Gasteiger partial charge in [-0.15, -0.1) is 5.10 Å². The Labute approximate surface area is 191 Å². The van der Waals surface area contributed by atoms with E-state index in [1.807, 2.05) is 11.0 Å². The molecule has 1 aliphatic heterocycles. The molecule has 0 atom stereocenters. The van der Waals surface area contributed by atoms with Crippen molar-refractivity contribution in [2.75, 3.05) is 24.2 Å². The number of aromatic nitrogens is 4. The summed E-state index contributed by atoms with van der Waals surface area (Å²) in [5.74, 6) is 0.713. The molecule has 166 valence electrons. The van der Waals surface area contributed by atoms with E-state index in [-0.39, 0.29) is 17.6 Å². The average molecular weight is 451 g/mol. The topological polar surface area (TPSA) is 93.0 Å². The number of nitrogens with one attached hydrogen (secondary N) is 1. The van der Waals surface area contributed by atoms with Gasteiger partial charge in [0.1, 0.15) is 0 Å². The molecule has 32 heavy (non-hydrogen) atoms. The predicted octanol–water partition coefficient (Wildman–Crippen LogP) is 3.04. The van der Waals surface area contributed by atoms with E-state index in [0.29, 0.717) is 22.3 Å². The Morgan fingerprint density at radius 1 is 1.06 bits per heavy atom. The van der Waals surface area contributed by atoms with Crippen LogP contribution in [0, 0.1) is 5.92 Å². The molecule has 8 nitrogen and oxygen atoms in total. The summed E-state index contributed by atoms with van der Waals surface area (Å²) in [5, 5.41) is 14.5. The lowest BCUT2D eigenvalue weighted by molar-refractivity contribution is -0.113. The Hall–Kier alpha value is -3.20. The van der Waals surface area contributed by atoms with Crippen LogP contribution >= 0.6 is 11.8 Å². The lowest BCUT2D eigenvalue weighted by Crippen LogP contribution is -2.38. The molecule has 0 unspecified atom stereocenters. The summed E-state index contributed by atoms with van der Waals surface area (Å²) >= 11 is 1.26. The summed E-state index contributed by atoms with van der Waals surface area (Å²) in [6.45, 7) is 1.56. The van der Waals surface area contributed by atoms with Crippen molar-refractivity contribution in [2.45, 2.75) is 24.4 Å². The minimum Gasteiger partial charge on any atom is -0.339 e. The maximum Gasteiger partial charge on any atom is 0.253 e. The van der Waals surface area contributed by atoms with Gasteiger partial charge >= 0.3 is 0 Å². The van der Waals surface area contributed by atoms with Crippen LogP contribution in [0.3, 0.4) is 0 Å². The Balaban J connectivity index is 1.24. The zero-order chi connectivity index (χ0) is 22.3. The standard InChI is InChI=1S/C23H26N6O2S/c1-28-23(25-26-27-28)32-16-21(30)24-20-9-7-19(8-10-20)22(31)29-13-11-18(12-14-29)15-17-5-3-2-4-6-17/h2-10,18H,11-16H2,1H3,(H,24,30). The fourth-order valence-corrected chi connectivity index (χ4v) is 4.49. The normalized spacial score (nSPS) is 14.3. The summed E-state index contributed by atoms with van der Waals surface area (Å²) in [6.07, 6.45) is 3.11. The molecule has 1 N–H and O–H groups in total. The molecule has 2 amide bonds. The first kappa shape index (κ1) is 22.0. The highest BCUT2D eigenvalue weighted by Gasteiger charge is 2.23. The monoisotopic (exact) mass is 450 g/mol. The van der Waals surface area contributed by atoms with Gasteiger partial charge in [0.2, 0.25) is 11.1 Å². The van der Waals surface area contributed by atoms with Crippen LogP contribution in [0.4, 0.5) is 5.69 Å². The summed E-state index contributed by atoms with van der Waals surface area (Å²) in [7, 11) is 1.72. The molecule has 2 heterocycles. The van der Waals surface area contributed by atoms with E-state index in [1.165, 1.54) is 22.0 Å². The molecule has 1 aliphatic rings. The second kappa shape index (κ2) is 10.4. The fraction of sp³-hybridized carbons (Fsp3) is 0.348. The van der Waals surface area contributed by atoms with Gasteiger partial charge in [0.05, 0.1) is 5.75 Å². The van der Waals surface area contributed by atoms with E-state index >= 15 is 0 Å². The number of carbonyl (C=O) groups is 2. The molecule has 0 spiro atoms. The van der Waals surface area contributed by atoms with E-state index in [0.717, 1.165) is 32.4 Å². The number of aryl methyl sites for hydroxylation is 1. The number of amides is 2. The predicted molar refractivity (Wildman–Crippen MR) is 123 cm³/mol. The Morgan fingerprint density at radius 2 is 1.78 bits per heavy atom. The van der Waals surface area contributed by atoms with Crippen LogP contribution < -0.4 is 5.32 Å². The van der Waals surface area contributed by atoms with Crippen molar-refractivity contribution < 1.29 is 9.59 Å². The number of carbonyl (C=O) groups excluding carboxylic acids is 2. The first-order chi connectivity index (χ1) is 15.6. The molecule has 2 aromatic carbocycles. The molecule has 4 rings (SSSR count). The highest BCUT2D eigenvalue weighted by atomic mass is 32.2. The maximum absolute atomic E-state index is 12.9. The Bertz CT molecular complexity index is 1050. The molecular weight excluding hydrogens is 424 g/mol. The first-order valence-electron chi connectivity index (χ1n) is 10.7. The van der Waals surface area contributed by atoms with Gasteiger partial charge in [-0.05, 0) is 65.4 Å². The van der Waals surface area contributed by atoms with Crippen LogP contribution in [0.1, 0.15) is 28.8 Å². The third-order valence-electron chi connectivity index (χ3n) is 5.60. The Morgan fingerprint density at radius 3 is 2.44 bits per heavy atom. The smallest absolute Gasteiger partial charge is 0.253 e. The van der Waals surface area contributed by atoms with Crippen LogP contribution in [0.5, 0.6) is 0 Å². The molecule has 1 aromatic heterocycles. The molecule has 0 aliphatic carbocycles. The molecule has 0 saturated carbocycles. The van der Waals surface area contributed by atoms with Gasteiger partial charge in [0.25, 0.3) is 5.91 Å². The molecule has 0 bridgehead atoms. The highest BCUT2D eigenvalue weighted by molar-refractivity contribution is 7.99. The van der Waals surface area contributed by atoms with Crippen molar-refractivity contribution in [1.82, 2.24) is 25.1 Å². The lowest BCUT2D eigenvalue weighted by atomic mass is 9.90. The minimum absolute atomic E-state index is 0.0476. The number of hydrogen-bond donors (Lipinski definition) is 1. The van der Waals surface area contributed by atoms with Gasteiger partial charge in [0.15, 0.2) is 0 Å². The largest absolute Gasteiger partial charge is 0.339 e. The number of piperidine rings is 1. The van der Waals surface area contributed by atoms with Gasteiger partial charge in [-0.1, -0.05) is 42.1 Å². The van der Waals surface area contributed by atoms with Crippen LogP contribution in [-0.4, -0.2) is 55.8 Å². The molecule has 1 fully saturated rings. The zero-order valence-electron chi connectivity index (χ0n) is 18.0. The van der Waals surface area contributed by atoms with Crippen molar-refractivity contribution >= 4 is 29.3 Å². The summed E-state index contributed by atoms with van der Waals surface area (Å²) in [6, 6.07) is 17.6. The van der Waals surface area contributed by atoms with Crippen LogP contribution in [0.25, 0.3) is 0 Å². The maximum atomic E-state index is 12.9. The number of hydrogen-bond acceptors (Lipinski definition) is 6. The van der Waals surface area contributed by atoms with Crippen molar-refractivity contribution in [2.24, 2.45) is 13.0 Å². The van der Waals surface area contributed by atoms with Crippen molar-refractivity contribution in [1.29, 1.82) is 0 Å². The summed E-state index contributed by atoms with van der Waals surface area (Å²) in [4.78, 5) is 27.0. The van der Waals surface area contributed by atoms with E-state index in [1.54, 1.807) is 31.3 Å². The van der Waals surface area contributed by atoms with Crippen LogP contribution in [0.15, 0.2) is 59.8 Å². The van der Waals surface area contributed by atoms with Gasteiger partial charge in [-0.2, -0.15) is 0 Å². The Kier molecular flexibility index (Phi) is 7.16. The van der Waals surface area contributed by atoms with E-state index in [4.69, 9.17) is 0 Å². The molecule has 0 radical (unpaired) electrons. The van der Waals surface area contributed by atoms with Crippen molar-refractivity contribution in [3.63, 3.8) is 0 Å². The molecule has 1 saturated heterocycles. The molecular formula is C23H26N6O2S. The van der Waals surface area contributed by atoms with Gasteiger partial charge in [0, 0.05) is 31.4 Å². The minimum atomic E-state index is -0.155. The van der Waals surface area contributed by atoms with Gasteiger partial charge < -0.3 is 10.2 Å². The highest BCUT2D eigenvalue weighted by Crippen LogP contribution is 2.23. The number of benzene rings is 2. The third kappa shape index (κ3) is 5.73. The number of thioether (sulfide) groups is 1. The number of rotatable bonds is 7. The first-order valence-corrected chi connectivity index (χ1v) is 11.7. The van der Waals surface area contributed by atoms with Gasteiger partial charge in [-0.25, -0.2) is 4.68 Å². The van der Waals surface area contributed by atoms with Crippen LogP contribution in [0.2, 0.25) is 0 Å². The average Bonchev–Trinajstić information content (AvgIpc) is 3.23. The van der Waals surface area contributed by atoms with E-state index in [9.17, 15) is 9.59 Å². The van der Waals surface area contributed by atoms with Crippen molar-refractivity contribution in [3.05, 3.63) is 65.7 Å². The van der Waals surface area contributed by atoms with Crippen LogP contribution in [-0.2, 0) is 18.3 Å². The summed E-state index contributed by atoms with van der Waals surface area (Å²) < 4.78 is 1.52. The number of tetrazole rings is 1. The van der Waals surface area contributed by atoms with E-state index < -0.39 is 0 Å². The second-order valence-electron chi connectivity index (χ2n) is 7.92. The zero-order valence-corrected chi connectivity index (χ0v) is 18.8. The van der Waals surface area contributed by atoms with E-state index in [2.05, 4.69) is 45.1 Å². The lowest BCUT2D eigenvalue weighted by Gasteiger charge is -2.32. The summed E-state index contributed by atoms with van der Waals surface area (Å²) in [5.41, 5.74) is 2.66. The second-order valence-corrected chi connectivity index (χ2v) is 8.87. The third-order valence-corrected chi connectivity index (χ3v) is 6.61. The number of likely N-dealkylation sites (tertiary alicyclic amines) is 1. The van der Waals surface area contributed by atoms with Crippen molar-refractivity contribution in [3.8, 4) is 0 Å². The fourth-order valence-electron chi connectivity index (χ4n) is 3.84. The number of nitrogens with zero attached hydrogens (tertiary/aromatic N) is 5. The number of anilines is 1. The SMILES string of the molecule is Cn1nnnc1SCC(=O)Nc1ccc(C(=O)N2CCC(Cc3ccccc3)CC2)cc1. The van der Waals surface area contributed by atoms with Gasteiger partial charge in [-0.3, -0.25) is 9.59 Å².